The van der Waals surface area contributed by atoms with Crippen LogP contribution in [0, 0.1) is 0 Å². The minimum absolute atomic E-state index is 0. The Morgan fingerprint density at radius 2 is 1.96 bits per heavy atom. The molecule has 0 radical (unpaired) electrons. The minimum Gasteiger partial charge on any atom is -1.00 e. The third-order valence-corrected chi connectivity index (χ3v) is 8.13. The first-order valence-corrected chi connectivity index (χ1v) is 9.18. The molecule has 4 nitrogen and oxygen atoms in total. The van der Waals surface area contributed by atoms with Gasteiger partial charge in [0.2, 0.25) is 0 Å². The normalized spacial score (nSPS) is 19.3. The van der Waals surface area contributed by atoms with Crippen molar-refractivity contribution in [2.75, 3.05) is 0 Å². The van der Waals surface area contributed by atoms with Crippen LogP contribution < -0.4 is 21.5 Å². The third-order valence-electron chi connectivity index (χ3n) is 4.05. The van der Waals surface area contributed by atoms with E-state index in [2.05, 4.69) is 15.9 Å². The van der Waals surface area contributed by atoms with E-state index in [0.29, 0.717) is 10.0 Å². The summed E-state index contributed by atoms with van der Waals surface area (Å²) in [6.45, 7) is 0. The van der Waals surface area contributed by atoms with Crippen molar-refractivity contribution in [1.29, 1.82) is 0 Å². The third kappa shape index (κ3) is 3.46. The van der Waals surface area contributed by atoms with Crippen LogP contribution in [0.2, 0.25) is 0 Å². The molecule has 126 valence electrons. The zero-order valence-electron chi connectivity index (χ0n) is 11.9. The maximum Gasteiger partial charge on any atom is -1.00 e. The number of alkyl halides is 2. The Bertz CT molecular complexity index is 759. The van der Waals surface area contributed by atoms with Gasteiger partial charge >= 0.3 is 140 Å². The van der Waals surface area contributed by atoms with Gasteiger partial charge in [-0.25, -0.2) is 0 Å². The molecule has 0 saturated heterocycles. The van der Waals surface area contributed by atoms with Gasteiger partial charge in [0.25, 0.3) is 0 Å². The second-order valence-electron chi connectivity index (χ2n) is 5.61. The fourth-order valence-corrected chi connectivity index (χ4v) is 6.34. The number of primary amides is 1. The van der Waals surface area contributed by atoms with Gasteiger partial charge in [0.05, 0.1) is 0 Å². The summed E-state index contributed by atoms with van der Waals surface area (Å²) in [5, 5.41) is 10.8. The van der Waals surface area contributed by atoms with Crippen LogP contribution in [0.3, 0.4) is 0 Å². The molecule has 2 aromatic rings. The Morgan fingerprint density at radius 3 is 2.52 bits per heavy atom. The zero-order valence-corrected chi connectivity index (χ0v) is 15.9. The standard InChI is InChI=1S/C14H13BrF2N2O2Se.ClH/c15-10-9-7-8(12(18)20)1-6-19(9)22-11(10)13(21)2-4-14(16,17)5-3-13;/h1,6-7,21H,2-5H2,(H-,18,20);1H. The van der Waals surface area contributed by atoms with Crippen molar-refractivity contribution in [1.82, 2.24) is 0 Å². The van der Waals surface area contributed by atoms with Gasteiger partial charge in [0.15, 0.2) is 0 Å². The van der Waals surface area contributed by atoms with Crippen molar-refractivity contribution in [3.8, 4) is 0 Å². The number of nitrogens with zero attached hydrogens (tertiary/aromatic N) is 1. The van der Waals surface area contributed by atoms with Crippen molar-refractivity contribution in [3.05, 3.63) is 32.8 Å². The molecule has 0 aliphatic heterocycles. The van der Waals surface area contributed by atoms with E-state index in [0.717, 1.165) is 9.95 Å². The Hall–Kier alpha value is -0.531. The molecular weight excluding hydrogens is 460 g/mol. The number of hydrogen-bond acceptors (Lipinski definition) is 2. The number of halogens is 4. The SMILES string of the molecule is NC(=O)c1cc[n+]2[se]c(C3(O)CCC(F)(F)CC3)c(Br)c2c1.[Cl-]. The molecule has 0 unspecified atom stereocenters. The average Bonchev–Trinajstić information content (AvgIpc) is 2.80. The van der Waals surface area contributed by atoms with Crippen LogP contribution in [0.1, 0.15) is 40.5 Å². The van der Waals surface area contributed by atoms with E-state index < -0.39 is 17.4 Å². The number of amides is 1. The second kappa shape index (κ2) is 6.41. The van der Waals surface area contributed by atoms with Crippen molar-refractivity contribution < 1.29 is 34.5 Å². The fourth-order valence-electron chi connectivity index (χ4n) is 2.68. The molecule has 1 saturated carbocycles. The number of nitrogens with two attached hydrogens (primary N) is 1. The van der Waals surface area contributed by atoms with Crippen molar-refractivity contribution in [3.63, 3.8) is 0 Å². The summed E-state index contributed by atoms with van der Waals surface area (Å²) in [6, 6.07) is 3.28. The van der Waals surface area contributed by atoms with Crippen LogP contribution in [0.5, 0.6) is 0 Å². The minimum atomic E-state index is -2.69. The number of carbonyl (C=O) groups is 1. The number of pyridine rings is 1. The molecule has 0 spiro atoms. The average molecular weight is 475 g/mol. The number of fused-ring (bicyclic) bond motifs is 1. The van der Waals surface area contributed by atoms with Crippen LogP contribution in [-0.4, -0.2) is 31.7 Å². The Labute approximate surface area is 152 Å². The van der Waals surface area contributed by atoms with Gasteiger partial charge in [0, 0.05) is 0 Å². The van der Waals surface area contributed by atoms with Crippen LogP contribution in [0.15, 0.2) is 22.8 Å². The molecule has 2 heterocycles. The summed E-state index contributed by atoms with van der Waals surface area (Å²) in [7, 11) is 0. The summed E-state index contributed by atoms with van der Waals surface area (Å²) in [5.74, 6) is -3.22. The van der Waals surface area contributed by atoms with E-state index in [1.165, 1.54) is 0 Å². The van der Waals surface area contributed by atoms with Gasteiger partial charge in [0.1, 0.15) is 0 Å². The smallest absolute Gasteiger partial charge is 1.00 e. The summed E-state index contributed by atoms with van der Waals surface area (Å²) in [5.41, 5.74) is 5.19. The van der Waals surface area contributed by atoms with E-state index in [9.17, 15) is 18.7 Å². The van der Waals surface area contributed by atoms with E-state index in [1.54, 1.807) is 18.3 Å². The molecule has 1 fully saturated rings. The molecule has 3 rings (SSSR count). The van der Waals surface area contributed by atoms with E-state index in [1.807, 2.05) is 3.40 Å². The van der Waals surface area contributed by atoms with Crippen LogP contribution >= 0.6 is 15.9 Å². The molecule has 1 aliphatic rings. The first-order valence-electron chi connectivity index (χ1n) is 6.77. The second-order valence-corrected chi connectivity index (χ2v) is 8.47. The van der Waals surface area contributed by atoms with Crippen LogP contribution in [0.4, 0.5) is 8.78 Å². The largest absolute Gasteiger partial charge is 1.00 e. The summed E-state index contributed by atoms with van der Waals surface area (Å²) in [6.07, 6.45) is 1.21. The molecule has 0 atom stereocenters. The first kappa shape index (κ1) is 18.8. The van der Waals surface area contributed by atoms with Gasteiger partial charge in [-0.3, -0.25) is 0 Å². The number of rotatable bonds is 2. The maximum atomic E-state index is 13.3. The monoisotopic (exact) mass is 474 g/mol. The Morgan fingerprint density at radius 1 is 1.35 bits per heavy atom. The topological polar surface area (TPSA) is 67.4 Å². The van der Waals surface area contributed by atoms with Crippen LogP contribution in [0.25, 0.3) is 5.52 Å². The van der Waals surface area contributed by atoms with Gasteiger partial charge < -0.3 is 12.4 Å². The molecule has 3 N–H and O–H groups in total. The van der Waals surface area contributed by atoms with Crippen molar-refractivity contribution >= 4 is 42.1 Å². The number of aliphatic hydroxyl groups is 1. The number of hydrogen-bond donors (Lipinski definition) is 2. The molecule has 2 aromatic heterocycles. The molecule has 1 amide bonds. The quantitative estimate of drug-likeness (QED) is 0.534. The van der Waals surface area contributed by atoms with Gasteiger partial charge in [-0.05, 0) is 0 Å². The van der Waals surface area contributed by atoms with E-state index >= 15 is 0 Å². The van der Waals surface area contributed by atoms with E-state index in [-0.39, 0.29) is 52.8 Å². The fraction of sp³-hybridized carbons (Fsp3) is 0.429. The molecule has 0 bridgehead atoms. The predicted molar refractivity (Wildman–Crippen MR) is 80.1 cm³/mol. The Kier molecular flexibility index (Phi) is 5.24. The zero-order chi connectivity index (χ0) is 16.1. The van der Waals surface area contributed by atoms with Crippen molar-refractivity contribution in [2.24, 2.45) is 5.73 Å². The summed E-state index contributed by atoms with van der Waals surface area (Å²) >= 11 is 3.23. The van der Waals surface area contributed by atoms with E-state index in [4.69, 9.17) is 5.73 Å². The molecule has 23 heavy (non-hydrogen) atoms. The summed E-state index contributed by atoms with van der Waals surface area (Å²) < 4.78 is 30.0. The molecule has 1 aliphatic carbocycles. The number of carbonyl (C=O) groups excluding carboxylic acids is 1. The van der Waals surface area contributed by atoms with Gasteiger partial charge in [-0.15, -0.1) is 0 Å². The van der Waals surface area contributed by atoms with Crippen molar-refractivity contribution in [2.45, 2.75) is 37.2 Å². The predicted octanol–water partition coefficient (Wildman–Crippen LogP) is -1.26. The van der Waals surface area contributed by atoms with Gasteiger partial charge in [-0.1, -0.05) is 0 Å². The maximum absolute atomic E-state index is 13.3. The van der Waals surface area contributed by atoms with Gasteiger partial charge in [-0.2, -0.15) is 0 Å². The summed E-state index contributed by atoms with van der Waals surface area (Å²) in [4.78, 5) is 11.3. The number of aromatic nitrogens is 1. The molecule has 9 heteroatoms. The first-order chi connectivity index (χ1) is 10.2. The van der Waals surface area contributed by atoms with Crippen LogP contribution in [-0.2, 0) is 5.60 Å². The molecule has 0 aromatic carbocycles. The molecular formula is C14H14BrClF2N2O2Se. The Balaban J connectivity index is 0.00000192.